The summed E-state index contributed by atoms with van der Waals surface area (Å²) in [6.45, 7) is 1.63. The monoisotopic (exact) mass is 300 g/mol. The minimum atomic E-state index is -4.96. The highest BCUT2D eigenvalue weighted by Gasteiger charge is 2.62. The largest absolute Gasteiger partial charge is 0.438 e. The van der Waals surface area contributed by atoms with Gasteiger partial charge < -0.3 is 5.11 Å². The number of hydrogen-bond acceptors (Lipinski definition) is 3. The lowest BCUT2D eigenvalue weighted by atomic mass is 10.0. The predicted octanol–water partition coefficient (Wildman–Crippen LogP) is 2.48. The van der Waals surface area contributed by atoms with E-state index in [1.54, 1.807) is 37.3 Å². The van der Waals surface area contributed by atoms with Crippen LogP contribution in [0.4, 0.5) is 13.2 Å². The molecule has 2 rings (SSSR count). The van der Waals surface area contributed by atoms with E-state index in [1.165, 1.54) is 0 Å². The molecule has 1 aliphatic heterocycles. The zero-order chi connectivity index (χ0) is 15.7. The number of rotatable bonds is 3. The van der Waals surface area contributed by atoms with E-state index in [1.807, 2.05) is 0 Å². The Hall–Kier alpha value is -1.89. The van der Waals surface area contributed by atoms with Crippen LogP contribution in [0.5, 0.6) is 0 Å². The van der Waals surface area contributed by atoms with Crippen LogP contribution in [0.15, 0.2) is 35.4 Å². The molecule has 1 aromatic rings. The zero-order valence-electron chi connectivity index (χ0n) is 11.4. The molecule has 1 heterocycles. The van der Waals surface area contributed by atoms with Gasteiger partial charge in [0.05, 0.1) is 6.42 Å². The second-order valence-corrected chi connectivity index (χ2v) is 4.88. The maximum atomic E-state index is 13.1. The molecular formula is C14H15F3N2O2. The van der Waals surface area contributed by atoms with E-state index in [0.717, 1.165) is 0 Å². The predicted molar refractivity (Wildman–Crippen MR) is 70.3 cm³/mol. The molecule has 0 spiro atoms. The van der Waals surface area contributed by atoms with Gasteiger partial charge in [0.2, 0.25) is 5.91 Å². The van der Waals surface area contributed by atoms with Crippen LogP contribution in [0.2, 0.25) is 0 Å². The fourth-order valence-electron chi connectivity index (χ4n) is 2.14. The summed E-state index contributed by atoms with van der Waals surface area (Å²) in [5.74, 6) is -0.885. The average molecular weight is 300 g/mol. The standard InChI is InChI=1S/C14H15F3N2O2/c1-2-11-9-13(21,14(15,16)17)19(18-11)12(20)8-10-6-4-3-5-7-10/h3-7,21H,2,8-9H2,1H3/t13-/m0/s1. The van der Waals surface area contributed by atoms with E-state index in [0.29, 0.717) is 5.56 Å². The molecule has 0 saturated heterocycles. The Morgan fingerprint density at radius 2 is 2.00 bits per heavy atom. The maximum Gasteiger partial charge on any atom is 0.438 e. The summed E-state index contributed by atoms with van der Waals surface area (Å²) in [4.78, 5) is 12.1. The summed E-state index contributed by atoms with van der Waals surface area (Å²) in [5, 5.41) is 13.7. The molecule has 114 valence electrons. The number of amides is 1. The van der Waals surface area contributed by atoms with Crippen molar-refractivity contribution in [1.29, 1.82) is 0 Å². The fourth-order valence-corrected chi connectivity index (χ4v) is 2.14. The third-order valence-corrected chi connectivity index (χ3v) is 3.34. The molecule has 0 aromatic heterocycles. The van der Waals surface area contributed by atoms with Crippen molar-refractivity contribution in [2.24, 2.45) is 5.10 Å². The number of nitrogens with zero attached hydrogens (tertiary/aromatic N) is 2. The normalized spacial score (nSPS) is 22.3. The van der Waals surface area contributed by atoms with Crippen molar-refractivity contribution in [3.05, 3.63) is 35.9 Å². The molecule has 0 saturated carbocycles. The molecule has 0 fully saturated rings. The Kier molecular flexibility index (Phi) is 4.04. The van der Waals surface area contributed by atoms with Crippen molar-refractivity contribution in [3.8, 4) is 0 Å². The Bertz CT molecular complexity index is 557. The molecule has 1 aliphatic rings. The molecule has 0 unspecified atom stereocenters. The zero-order valence-corrected chi connectivity index (χ0v) is 11.4. The number of carbonyl (C=O) groups excluding carboxylic acids is 1. The molecule has 1 aromatic carbocycles. The van der Waals surface area contributed by atoms with Crippen LogP contribution in [0.3, 0.4) is 0 Å². The third kappa shape index (κ3) is 2.92. The van der Waals surface area contributed by atoms with Crippen molar-refractivity contribution < 1.29 is 23.1 Å². The Morgan fingerprint density at radius 1 is 1.38 bits per heavy atom. The molecule has 1 N–H and O–H groups in total. The lowest BCUT2D eigenvalue weighted by Crippen LogP contribution is -2.57. The summed E-state index contributed by atoms with van der Waals surface area (Å²) < 4.78 is 39.3. The van der Waals surface area contributed by atoms with Crippen LogP contribution >= 0.6 is 0 Å². The summed E-state index contributed by atoms with van der Waals surface area (Å²) in [6, 6.07) is 8.37. The Morgan fingerprint density at radius 3 is 2.52 bits per heavy atom. The van der Waals surface area contributed by atoms with Gasteiger partial charge in [0, 0.05) is 12.1 Å². The van der Waals surface area contributed by atoms with Gasteiger partial charge in [-0.15, -0.1) is 0 Å². The van der Waals surface area contributed by atoms with Crippen molar-refractivity contribution in [3.63, 3.8) is 0 Å². The SMILES string of the molecule is CCC1=NN(C(=O)Cc2ccccc2)[C@@](O)(C(F)(F)F)C1. The first-order valence-corrected chi connectivity index (χ1v) is 6.50. The van der Waals surface area contributed by atoms with Gasteiger partial charge in [-0.2, -0.15) is 23.3 Å². The van der Waals surface area contributed by atoms with Crippen LogP contribution < -0.4 is 0 Å². The van der Waals surface area contributed by atoms with Crippen molar-refractivity contribution in [1.82, 2.24) is 5.01 Å². The summed E-state index contributed by atoms with van der Waals surface area (Å²) in [5.41, 5.74) is -2.53. The van der Waals surface area contributed by atoms with Gasteiger partial charge in [-0.05, 0) is 12.0 Å². The van der Waals surface area contributed by atoms with E-state index in [4.69, 9.17) is 0 Å². The topological polar surface area (TPSA) is 52.9 Å². The Balaban J connectivity index is 2.26. The first kappa shape index (κ1) is 15.5. The average Bonchev–Trinajstić information content (AvgIpc) is 2.78. The number of alkyl halides is 3. The molecule has 0 aliphatic carbocycles. The van der Waals surface area contributed by atoms with Crippen molar-refractivity contribution >= 4 is 11.6 Å². The summed E-state index contributed by atoms with van der Waals surface area (Å²) >= 11 is 0. The van der Waals surface area contributed by atoms with Crippen LogP contribution in [0.25, 0.3) is 0 Å². The highest BCUT2D eigenvalue weighted by molar-refractivity contribution is 5.91. The number of hydrogen-bond donors (Lipinski definition) is 1. The van der Waals surface area contributed by atoms with Gasteiger partial charge in [0.15, 0.2) is 0 Å². The van der Waals surface area contributed by atoms with E-state index < -0.39 is 24.2 Å². The number of aliphatic hydroxyl groups is 1. The number of halogens is 3. The van der Waals surface area contributed by atoms with Gasteiger partial charge in [-0.25, -0.2) is 0 Å². The molecule has 4 nitrogen and oxygen atoms in total. The van der Waals surface area contributed by atoms with E-state index in [-0.39, 0.29) is 23.6 Å². The highest BCUT2D eigenvalue weighted by Crippen LogP contribution is 2.40. The quantitative estimate of drug-likeness (QED) is 0.932. The number of hydrazone groups is 1. The minimum Gasteiger partial charge on any atom is -0.362 e. The molecule has 1 atom stereocenters. The van der Waals surface area contributed by atoms with Gasteiger partial charge in [0.1, 0.15) is 0 Å². The van der Waals surface area contributed by atoms with Crippen molar-refractivity contribution in [2.75, 3.05) is 0 Å². The lowest BCUT2D eigenvalue weighted by molar-refractivity contribution is -0.302. The second-order valence-electron chi connectivity index (χ2n) is 4.88. The van der Waals surface area contributed by atoms with Crippen LogP contribution in [-0.2, 0) is 11.2 Å². The van der Waals surface area contributed by atoms with E-state index in [9.17, 15) is 23.1 Å². The summed E-state index contributed by atoms with van der Waals surface area (Å²) in [6.07, 6.45) is -5.67. The second kappa shape index (κ2) is 5.48. The Labute approximate surface area is 119 Å². The van der Waals surface area contributed by atoms with Gasteiger partial charge in [-0.3, -0.25) is 4.79 Å². The maximum absolute atomic E-state index is 13.1. The molecule has 0 radical (unpaired) electrons. The summed E-state index contributed by atoms with van der Waals surface area (Å²) in [7, 11) is 0. The minimum absolute atomic E-state index is 0.149. The molecule has 1 amide bonds. The molecular weight excluding hydrogens is 285 g/mol. The smallest absolute Gasteiger partial charge is 0.362 e. The van der Waals surface area contributed by atoms with Gasteiger partial charge in [-0.1, -0.05) is 37.3 Å². The first-order valence-electron chi connectivity index (χ1n) is 6.50. The number of benzene rings is 1. The molecule has 7 heteroatoms. The highest BCUT2D eigenvalue weighted by atomic mass is 19.4. The number of carbonyl (C=O) groups is 1. The van der Waals surface area contributed by atoms with Gasteiger partial charge >= 0.3 is 6.18 Å². The molecule has 21 heavy (non-hydrogen) atoms. The lowest BCUT2D eigenvalue weighted by Gasteiger charge is -2.32. The third-order valence-electron chi connectivity index (χ3n) is 3.34. The van der Waals surface area contributed by atoms with E-state index in [2.05, 4.69) is 5.10 Å². The van der Waals surface area contributed by atoms with Crippen LogP contribution in [-0.4, -0.2) is 33.6 Å². The fraction of sp³-hybridized carbons (Fsp3) is 0.429. The first-order chi connectivity index (χ1) is 9.78. The molecule has 0 bridgehead atoms. The van der Waals surface area contributed by atoms with Crippen LogP contribution in [0, 0.1) is 0 Å². The van der Waals surface area contributed by atoms with Crippen LogP contribution in [0.1, 0.15) is 25.3 Å². The van der Waals surface area contributed by atoms with E-state index >= 15 is 0 Å². The van der Waals surface area contributed by atoms with Crippen molar-refractivity contribution in [2.45, 2.75) is 38.1 Å². The van der Waals surface area contributed by atoms with Gasteiger partial charge in [0.25, 0.3) is 5.72 Å².